The molecule has 2 N–H and O–H groups in total. The molecule has 2 rings (SSSR count). The van der Waals surface area contributed by atoms with E-state index in [2.05, 4.69) is 24.5 Å². The van der Waals surface area contributed by atoms with Gasteiger partial charge in [0.05, 0.1) is 6.04 Å². The van der Waals surface area contributed by atoms with Crippen LogP contribution in [0.5, 0.6) is 0 Å². The average molecular weight is 252 g/mol. The van der Waals surface area contributed by atoms with E-state index in [0.717, 1.165) is 25.4 Å². The van der Waals surface area contributed by atoms with Crippen LogP contribution in [0.3, 0.4) is 0 Å². The highest BCUT2D eigenvalue weighted by Crippen LogP contribution is 2.43. The lowest BCUT2D eigenvalue weighted by molar-refractivity contribution is -0.125. The largest absolute Gasteiger partial charge is 0.354 e. The van der Waals surface area contributed by atoms with Crippen molar-refractivity contribution < 1.29 is 4.79 Å². The highest BCUT2D eigenvalue weighted by molar-refractivity contribution is 5.81. The van der Waals surface area contributed by atoms with Gasteiger partial charge < -0.3 is 10.6 Å². The van der Waals surface area contributed by atoms with Crippen molar-refractivity contribution in [3.05, 3.63) is 0 Å². The summed E-state index contributed by atoms with van der Waals surface area (Å²) in [6.45, 7) is 6.36. The van der Waals surface area contributed by atoms with Gasteiger partial charge in [0, 0.05) is 6.54 Å². The summed E-state index contributed by atoms with van der Waals surface area (Å²) in [6.07, 6.45) is 8.55. The number of carbonyl (C=O) groups excluding carboxylic acids is 1. The molecular weight excluding hydrogens is 224 g/mol. The fourth-order valence-electron chi connectivity index (χ4n) is 3.30. The van der Waals surface area contributed by atoms with Crippen LogP contribution < -0.4 is 10.6 Å². The first-order valence-electron chi connectivity index (χ1n) is 7.70. The van der Waals surface area contributed by atoms with Crippen LogP contribution in [0.2, 0.25) is 0 Å². The molecule has 0 spiro atoms. The molecule has 2 atom stereocenters. The van der Waals surface area contributed by atoms with Gasteiger partial charge >= 0.3 is 0 Å². The first-order valence-corrected chi connectivity index (χ1v) is 7.70. The molecule has 1 heterocycles. The average Bonchev–Trinajstić information content (AvgIpc) is 2.38. The third-order valence-corrected chi connectivity index (χ3v) is 5.21. The Hall–Kier alpha value is -0.570. The van der Waals surface area contributed by atoms with Gasteiger partial charge in [-0.25, -0.2) is 0 Å². The number of piperidine rings is 1. The Labute approximate surface area is 111 Å². The number of hydrogen-bond acceptors (Lipinski definition) is 2. The second-order valence-corrected chi connectivity index (χ2v) is 6.23. The first kappa shape index (κ1) is 13.9. The van der Waals surface area contributed by atoms with Crippen LogP contribution in [0.25, 0.3) is 0 Å². The summed E-state index contributed by atoms with van der Waals surface area (Å²) in [7, 11) is 0. The molecule has 2 fully saturated rings. The number of carbonyl (C=O) groups is 1. The molecule has 2 aliphatic rings. The van der Waals surface area contributed by atoms with Crippen LogP contribution in [0.4, 0.5) is 0 Å². The quantitative estimate of drug-likeness (QED) is 0.789. The van der Waals surface area contributed by atoms with Crippen molar-refractivity contribution >= 4 is 5.91 Å². The predicted molar refractivity (Wildman–Crippen MR) is 74.4 cm³/mol. The van der Waals surface area contributed by atoms with Gasteiger partial charge in [0.2, 0.25) is 5.91 Å². The second-order valence-electron chi connectivity index (χ2n) is 6.23. The van der Waals surface area contributed by atoms with Crippen molar-refractivity contribution in [2.24, 2.45) is 11.3 Å². The van der Waals surface area contributed by atoms with Crippen LogP contribution in [-0.4, -0.2) is 25.0 Å². The molecule has 1 aliphatic heterocycles. The van der Waals surface area contributed by atoms with E-state index in [9.17, 15) is 4.79 Å². The zero-order valence-corrected chi connectivity index (χ0v) is 11.9. The zero-order chi connectivity index (χ0) is 13.0. The second kappa shape index (κ2) is 6.05. The smallest absolute Gasteiger partial charge is 0.237 e. The van der Waals surface area contributed by atoms with Gasteiger partial charge in [-0.1, -0.05) is 26.7 Å². The van der Waals surface area contributed by atoms with E-state index < -0.39 is 0 Å². The zero-order valence-electron chi connectivity index (χ0n) is 11.9. The molecule has 2 unspecified atom stereocenters. The van der Waals surface area contributed by atoms with Crippen molar-refractivity contribution in [1.29, 1.82) is 0 Å². The van der Waals surface area contributed by atoms with Crippen molar-refractivity contribution in [2.75, 3.05) is 13.1 Å². The van der Waals surface area contributed by atoms with Gasteiger partial charge in [0.25, 0.3) is 0 Å². The summed E-state index contributed by atoms with van der Waals surface area (Å²) in [4.78, 5) is 12.2. The summed E-state index contributed by atoms with van der Waals surface area (Å²) in [5.41, 5.74) is 0.425. The Morgan fingerprint density at radius 3 is 2.72 bits per heavy atom. The third kappa shape index (κ3) is 3.05. The van der Waals surface area contributed by atoms with E-state index in [-0.39, 0.29) is 11.9 Å². The van der Waals surface area contributed by atoms with Crippen molar-refractivity contribution in [2.45, 2.75) is 64.8 Å². The number of nitrogens with one attached hydrogen (secondary N) is 2. The Kier molecular flexibility index (Phi) is 4.66. The van der Waals surface area contributed by atoms with Gasteiger partial charge in [0.15, 0.2) is 0 Å². The normalized spacial score (nSPS) is 30.6. The van der Waals surface area contributed by atoms with Crippen LogP contribution >= 0.6 is 0 Å². The predicted octanol–water partition coefficient (Wildman–Crippen LogP) is 2.46. The van der Waals surface area contributed by atoms with E-state index >= 15 is 0 Å². The van der Waals surface area contributed by atoms with Crippen LogP contribution in [0.1, 0.15) is 58.8 Å². The maximum Gasteiger partial charge on any atom is 0.237 e. The summed E-state index contributed by atoms with van der Waals surface area (Å²) >= 11 is 0. The van der Waals surface area contributed by atoms with E-state index in [1.54, 1.807) is 0 Å². The summed E-state index contributed by atoms with van der Waals surface area (Å²) < 4.78 is 0. The molecule has 0 bridgehead atoms. The Morgan fingerprint density at radius 1 is 1.39 bits per heavy atom. The highest BCUT2D eigenvalue weighted by Gasteiger charge is 2.36. The lowest BCUT2D eigenvalue weighted by Crippen LogP contribution is -2.51. The standard InChI is InChI=1S/C15H28N2O/c1-3-12-6-9-16-13(10-12)14(18)17-11-15(4-2)7-5-8-15/h12-13,16H,3-11H2,1-2H3,(H,17,18). The lowest BCUT2D eigenvalue weighted by Gasteiger charge is -2.42. The molecular formula is C15H28N2O. The minimum absolute atomic E-state index is 0.0534. The SMILES string of the molecule is CCC1CCNC(C(=O)NCC2(CC)CCC2)C1. The first-order chi connectivity index (χ1) is 8.69. The molecule has 0 aromatic heterocycles. The highest BCUT2D eigenvalue weighted by atomic mass is 16.2. The molecule has 1 aliphatic carbocycles. The third-order valence-electron chi connectivity index (χ3n) is 5.21. The Bertz CT molecular complexity index is 281. The Balaban J connectivity index is 1.77. The molecule has 1 saturated heterocycles. The van der Waals surface area contributed by atoms with Gasteiger partial charge in [-0.15, -0.1) is 0 Å². The fraction of sp³-hybridized carbons (Fsp3) is 0.933. The monoisotopic (exact) mass is 252 g/mol. The molecule has 104 valence electrons. The summed E-state index contributed by atoms with van der Waals surface area (Å²) in [5.74, 6) is 0.957. The molecule has 1 amide bonds. The maximum absolute atomic E-state index is 12.2. The number of amides is 1. The fourth-order valence-corrected chi connectivity index (χ4v) is 3.30. The van der Waals surface area contributed by atoms with Crippen molar-refractivity contribution in [3.63, 3.8) is 0 Å². The van der Waals surface area contributed by atoms with Crippen molar-refractivity contribution in [1.82, 2.24) is 10.6 Å². The van der Waals surface area contributed by atoms with Crippen LogP contribution in [-0.2, 0) is 4.79 Å². The summed E-state index contributed by atoms with van der Waals surface area (Å²) in [6, 6.07) is 0.0534. The van der Waals surface area contributed by atoms with E-state index in [4.69, 9.17) is 0 Å². The van der Waals surface area contributed by atoms with Gasteiger partial charge in [-0.2, -0.15) is 0 Å². The van der Waals surface area contributed by atoms with Crippen LogP contribution in [0.15, 0.2) is 0 Å². The number of hydrogen-bond donors (Lipinski definition) is 2. The lowest BCUT2D eigenvalue weighted by atomic mass is 9.67. The molecule has 1 saturated carbocycles. The minimum atomic E-state index is 0.0534. The van der Waals surface area contributed by atoms with E-state index in [0.29, 0.717) is 5.41 Å². The molecule has 3 heteroatoms. The Morgan fingerprint density at radius 2 is 2.17 bits per heavy atom. The molecule has 0 aromatic carbocycles. The van der Waals surface area contributed by atoms with E-state index in [1.165, 1.54) is 38.5 Å². The molecule has 18 heavy (non-hydrogen) atoms. The molecule has 3 nitrogen and oxygen atoms in total. The van der Waals surface area contributed by atoms with Gasteiger partial charge in [-0.3, -0.25) is 4.79 Å². The summed E-state index contributed by atoms with van der Waals surface area (Å²) in [5, 5.41) is 6.55. The van der Waals surface area contributed by atoms with Crippen molar-refractivity contribution in [3.8, 4) is 0 Å². The number of rotatable bonds is 5. The van der Waals surface area contributed by atoms with Gasteiger partial charge in [0.1, 0.15) is 0 Å². The molecule has 0 aromatic rings. The minimum Gasteiger partial charge on any atom is -0.354 e. The molecule has 0 radical (unpaired) electrons. The van der Waals surface area contributed by atoms with Crippen LogP contribution in [0, 0.1) is 11.3 Å². The van der Waals surface area contributed by atoms with E-state index in [1.807, 2.05) is 0 Å². The van der Waals surface area contributed by atoms with Gasteiger partial charge in [-0.05, 0) is 50.0 Å². The topological polar surface area (TPSA) is 41.1 Å². The maximum atomic E-state index is 12.2.